The zero-order valence-electron chi connectivity index (χ0n) is 11.7. The third-order valence-corrected chi connectivity index (χ3v) is 3.11. The van der Waals surface area contributed by atoms with E-state index in [1.807, 2.05) is 0 Å². The normalized spacial score (nSPS) is 10.4. The molecule has 0 aliphatic heterocycles. The number of nitrogens with one attached hydrogen (secondary N) is 1. The number of fused-ring (bicyclic) bond motifs is 1. The second-order valence-corrected chi connectivity index (χ2v) is 4.55. The van der Waals surface area contributed by atoms with E-state index in [-0.39, 0.29) is 5.56 Å². The minimum Gasteiger partial charge on any atom is -0.497 e. The third-order valence-electron chi connectivity index (χ3n) is 3.11. The fourth-order valence-corrected chi connectivity index (χ4v) is 2.01. The number of carbonyl (C=O) groups is 1. The molecule has 0 saturated carbocycles. The Morgan fingerprint density at radius 1 is 1.27 bits per heavy atom. The Balaban J connectivity index is 1.98. The summed E-state index contributed by atoms with van der Waals surface area (Å²) in [5.74, 6) is 0.0303. The number of carbonyl (C=O) groups excluding carboxylic acids is 1. The first-order valence-electron chi connectivity index (χ1n) is 6.50. The van der Waals surface area contributed by atoms with Gasteiger partial charge in [0.05, 0.1) is 19.0 Å². The van der Waals surface area contributed by atoms with Crippen molar-refractivity contribution in [3.63, 3.8) is 0 Å². The van der Waals surface area contributed by atoms with Gasteiger partial charge in [-0.15, -0.1) is 0 Å². The number of hydrogen-bond acceptors (Lipinski definition) is 5. The van der Waals surface area contributed by atoms with E-state index in [0.29, 0.717) is 22.4 Å². The van der Waals surface area contributed by atoms with Crippen molar-refractivity contribution in [2.24, 2.45) is 0 Å². The second-order valence-electron chi connectivity index (χ2n) is 4.55. The van der Waals surface area contributed by atoms with Gasteiger partial charge in [-0.05, 0) is 30.3 Å². The van der Waals surface area contributed by atoms with Crippen LogP contribution in [-0.2, 0) is 0 Å². The van der Waals surface area contributed by atoms with E-state index in [1.54, 1.807) is 36.5 Å². The van der Waals surface area contributed by atoms with E-state index in [1.165, 1.54) is 19.4 Å². The van der Waals surface area contributed by atoms with Crippen LogP contribution in [0.2, 0.25) is 0 Å². The van der Waals surface area contributed by atoms with Crippen LogP contribution in [0.1, 0.15) is 10.4 Å². The largest absolute Gasteiger partial charge is 0.497 e. The summed E-state index contributed by atoms with van der Waals surface area (Å²) in [5.41, 5.74) is 0.0904. The van der Waals surface area contributed by atoms with Gasteiger partial charge in [-0.3, -0.25) is 9.78 Å². The molecule has 6 heteroatoms. The van der Waals surface area contributed by atoms with Crippen LogP contribution < -0.4 is 15.7 Å². The molecule has 0 atom stereocenters. The molecule has 22 heavy (non-hydrogen) atoms. The molecule has 0 spiro atoms. The average Bonchev–Trinajstić information content (AvgIpc) is 2.54. The summed E-state index contributed by atoms with van der Waals surface area (Å²) in [7, 11) is 1.52. The van der Waals surface area contributed by atoms with Crippen LogP contribution in [0.15, 0.2) is 58.0 Å². The van der Waals surface area contributed by atoms with Crippen molar-refractivity contribution in [1.29, 1.82) is 0 Å². The zero-order chi connectivity index (χ0) is 15.5. The predicted molar refractivity (Wildman–Crippen MR) is 81.2 cm³/mol. The van der Waals surface area contributed by atoms with Gasteiger partial charge < -0.3 is 14.5 Å². The minimum absolute atomic E-state index is 0.0680. The van der Waals surface area contributed by atoms with Crippen molar-refractivity contribution in [3.05, 3.63) is 64.8 Å². The number of nitrogens with zero attached hydrogens (tertiary/aromatic N) is 1. The van der Waals surface area contributed by atoms with Gasteiger partial charge in [0.2, 0.25) is 0 Å². The van der Waals surface area contributed by atoms with E-state index in [4.69, 9.17) is 9.15 Å². The van der Waals surface area contributed by atoms with E-state index in [9.17, 15) is 9.59 Å². The summed E-state index contributed by atoms with van der Waals surface area (Å²) in [6, 6.07) is 9.90. The lowest BCUT2D eigenvalue weighted by atomic mass is 10.1. The van der Waals surface area contributed by atoms with Crippen molar-refractivity contribution in [2.45, 2.75) is 0 Å². The molecule has 3 rings (SSSR count). The molecule has 0 radical (unpaired) electrons. The van der Waals surface area contributed by atoms with Gasteiger partial charge in [-0.25, -0.2) is 4.79 Å². The number of anilines is 1. The summed E-state index contributed by atoms with van der Waals surface area (Å²) in [6.07, 6.45) is 3.08. The molecule has 110 valence electrons. The van der Waals surface area contributed by atoms with Gasteiger partial charge in [0, 0.05) is 17.6 Å². The predicted octanol–water partition coefficient (Wildman–Crippen LogP) is 2.45. The molecule has 2 aromatic heterocycles. The molecule has 1 amide bonds. The summed E-state index contributed by atoms with van der Waals surface area (Å²) in [5, 5.41) is 3.24. The van der Waals surface area contributed by atoms with E-state index >= 15 is 0 Å². The monoisotopic (exact) mass is 296 g/mol. The fraction of sp³-hybridized carbons (Fsp3) is 0.0625. The first-order chi connectivity index (χ1) is 10.7. The number of methoxy groups -OCH3 is 1. The molecule has 0 unspecified atom stereocenters. The topological polar surface area (TPSA) is 81.4 Å². The van der Waals surface area contributed by atoms with Gasteiger partial charge in [0.25, 0.3) is 5.91 Å². The lowest BCUT2D eigenvalue weighted by molar-refractivity contribution is 0.102. The molecular weight excluding hydrogens is 284 g/mol. The molecule has 6 nitrogen and oxygen atoms in total. The maximum Gasteiger partial charge on any atom is 0.349 e. The molecule has 1 N–H and O–H groups in total. The molecule has 0 bridgehead atoms. The Kier molecular flexibility index (Phi) is 3.57. The van der Waals surface area contributed by atoms with Crippen LogP contribution in [0.25, 0.3) is 11.0 Å². The standard InChI is InChI=1S/C16H12N2O4/c1-21-12-5-4-10-7-13(16(20)22-14(10)8-12)15(19)18-11-3-2-6-17-9-11/h2-9H,1H3,(H,18,19). The Morgan fingerprint density at radius 3 is 2.86 bits per heavy atom. The van der Waals surface area contributed by atoms with Gasteiger partial charge in [0.1, 0.15) is 16.9 Å². The van der Waals surface area contributed by atoms with Crippen LogP contribution in [0, 0.1) is 0 Å². The number of hydrogen-bond donors (Lipinski definition) is 1. The second kappa shape index (κ2) is 5.69. The van der Waals surface area contributed by atoms with Crippen molar-refractivity contribution in [1.82, 2.24) is 4.98 Å². The van der Waals surface area contributed by atoms with Gasteiger partial charge in [-0.1, -0.05) is 0 Å². The Bertz CT molecular complexity index is 888. The van der Waals surface area contributed by atoms with Crippen LogP contribution in [0.4, 0.5) is 5.69 Å². The molecule has 3 aromatic rings. The number of benzene rings is 1. The van der Waals surface area contributed by atoms with Crippen molar-refractivity contribution < 1.29 is 13.9 Å². The highest BCUT2D eigenvalue weighted by Crippen LogP contribution is 2.20. The molecule has 0 aliphatic carbocycles. The SMILES string of the molecule is COc1ccc2cc(C(=O)Nc3cccnc3)c(=O)oc2c1. The molecular formula is C16H12N2O4. The number of amides is 1. The number of pyridine rings is 1. The Morgan fingerprint density at radius 2 is 2.14 bits per heavy atom. The Hall–Kier alpha value is -3.15. The van der Waals surface area contributed by atoms with Crippen LogP contribution >= 0.6 is 0 Å². The van der Waals surface area contributed by atoms with Gasteiger partial charge >= 0.3 is 5.63 Å². The van der Waals surface area contributed by atoms with Crippen LogP contribution in [-0.4, -0.2) is 18.0 Å². The van der Waals surface area contributed by atoms with Gasteiger partial charge in [-0.2, -0.15) is 0 Å². The van der Waals surface area contributed by atoms with E-state index < -0.39 is 11.5 Å². The molecule has 1 aromatic carbocycles. The summed E-state index contributed by atoms with van der Waals surface area (Å²) in [4.78, 5) is 28.1. The van der Waals surface area contributed by atoms with Crippen molar-refractivity contribution in [2.75, 3.05) is 12.4 Å². The highest BCUT2D eigenvalue weighted by molar-refractivity contribution is 6.05. The minimum atomic E-state index is -0.706. The first-order valence-corrected chi connectivity index (χ1v) is 6.50. The average molecular weight is 296 g/mol. The highest BCUT2D eigenvalue weighted by Gasteiger charge is 2.14. The molecule has 2 heterocycles. The molecule has 0 fully saturated rings. The highest BCUT2D eigenvalue weighted by atomic mass is 16.5. The van der Waals surface area contributed by atoms with Gasteiger partial charge in [0.15, 0.2) is 0 Å². The fourth-order valence-electron chi connectivity index (χ4n) is 2.01. The summed E-state index contributed by atoms with van der Waals surface area (Å²) < 4.78 is 10.3. The summed E-state index contributed by atoms with van der Waals surface area (Å²) in [6.45, 7) is 0. The molecule has 0 aliphatic rings. The van der Waals surface area contributed by atoms with Crippen LogP contribution in [0.5, 0.6) is 5.75 Å². The number of aromatic nitrogens is 1. The van der Waals surface area contributed by atoms with Crippen molar-refractivity contribution in [3.8, 4) is 5.75 Å². The van der Waals surface area contributed by atoms with E-state index in [0.717, 1.165) is 0 Å². The lowest BCUT2D eigenvalue weighted by Gasteiger charge is -2.05. The van der Waals surface area contributed by atoms with Crippen molar-refractivity contribution >= 4 is 22.6 Å². The number of rotatable bonds is 3. The maximum absolute atomic E-state index is 12.2. The molecule has 0 saturated heterocycles. The number of ether oxygens (including phenoxy) is 1. The summed E-state index contributed by atoms with van der Waals surface area (Å²) >= 11 is 0. The van der Waals surface area contributed by atoms with E-state index in [2.05, 4.69) is 10.3 Å². The van der Waals surface area contributed by atoms with Crippen LogP contribution in [0.3, 0.4) is 0 Å². The smallest absolute Gasteiger partial charge is 0.349 e. The third kappa shape index (κ3) is 2.67. The Labute approximate surface area is 125 Å². The lowest BCUT2D eigenvalue weighted by Crippen LogP contribution is -2.20. The zero-order valence-corrected chi connectivity index (χ0v) is 11.7. The quantitative estimate of drug-likeness (QED) is 0.751. The first kappa shape index (κ1) is 13.8. The maximum atomic E-state index is 12.2.